The van der Waals surface area contributed by atoms with Crippen LogP contribution in [-0.2, 0) is 9.53 Å². The monoisotopic (exact) mass is 305 g/mol. The van der Waals surface area contributed by atoms with Crippen molar-refractivity contribution in [2.45, 2.75) is 6.18 Å². The number of ether oxygens (including phenoxy) is 1. The summed E-state index contributed by atoms with van der Waals surface area (Å²) in [5, 5.41) is 8.46. The highest BCUT2D eigenvalue weighted by Gasteiger charge is 2.27. The minimum absolute atomic E-state index is 0. The number of hydrogen-bond donors (Lipinski definition) is 2. The maximum absolute atomic E-state index is 11.8. The van der Waals surface area contributed by atoms with Crippen LogP contribution in [0.3, 0.4) is 0 Å². The number of aromatic nitrogens is 4. The van der Waals surface area contributed by atoms with Crippen LogP contribution >= 0.6 is 0 Å². The Hall–Kier alpha value is -2.49. The number of hydrogen-bond acceptors (Lipinski definition) is 5. The van der Waals surface area contributed by atoms with Crippen molar-refractivity contribution in [1.29, 1.82) is 0 Å². The van der Waals surface area contributed by atoms with Crippen LogP contribution < -0.4 is 5.32 Å². The van der Waals surface area contributed by atoms with Gasteiger partial charge in [-0.2, -0.15) is 18.2 Å². The van der Waals surface area contributed by atoms with E-state index in [0.29, 0.717) is 11.5 Å². The molecule has 0 saturated carbocycles. The van der Waals surface area contributed by atoms with Crippen molar-refractivity contribution in [2.75, 3.05) is 18.5 Å². The smallest absolute Gasteiger partial charge is 0.362 e. The summed E-state index contributed by atoms with van der Waals surface area (Å²) in [6.45, 7) is -2.24. The fourth-order valence-corrected chi connectivity index (χ4v) is 1.36. The zero-order valence-corrected chi connectivity index (χ0v) is 10.5. The lowest BCUT2D eigenvalue weighted by Crippen LogP contribution is -2.24. The van der Waals surface area contributed by atoms with Gasteiger partial charge in [-0.1, -0.05) is 6.07 Å². The van der Waals surface area contributed by atoms with E-state index in [1.165, 1.54) is 0 Å². The Labute approximate surface area is 119 Å². The van der Waals surface area contributed by atoms with E-state index in [1.807, 2.05) is 0 Å². The molecule has 0 aromatic carbocycles. The first kappa shape index (κ1) is 14.9. The molecule has 2 aromatic rings. The maximum Gasteiger partial charge on any atom is 0.411 e. The Morgan fingerprint density at radius 2 is 2.24 bits per heavy atom. The third kappa shape index (κ3) is 4.84. The predicted octanol–water partition coefficient (Wildman–Crippen LogP) is 1.88. The van der Waals surface area contributed by atoms with Gasteiger partial charge in [-0.15, -0.1) is 5.10 Å². The third-order valence-electron chi connectivity index (χ3n) is 2.14. The molecular weight excluding hydrogens is 291 g/mol. The highest BCUT2D eigenvalue weighted by Crippen LogP contribution is 2.14. The standard InChI is InChI=1S/C11H10F3N5O2.2H2/c12-11(13,14)6-21-5-8(20)16-10-17-9(18-19-10)7-3-1-2-4-15-7;;/h1-4H,5-6H2,(H2,16,17,18,19,20);2*1H. The van der Waals surface area contributed by atoms with E-state index < -0.39 is 25.3 Å². The second-order valence-corrected chi connectivity index (χ2v) is 3.88. The minimum Gasteiger partial charge on any atom is -0.362 e. The molecule has 0 saturated heterocycles. The molecule has 0 bridgehead atoms. The highest BCUT2D eigenvalue weighted by atomic mass is 19.4. The van der Waals surface area contributed by atoms with E-state index in [2.05, 4.69) is 30.2 Å². The molecule has 0 atom stereocenters. The summed E-state index contributed by atoms with van der Waals surface area (Å²) in [6, 6.07) is 5.15. The number of aromatic amines is 1. The van der Waals surface area contributed by atoms with Gasteiger partial charge < -0.3 is 4.74 Å². The van der Waals surface area contributed by atoms with Crippen LogP contribution in [0.4, 0.5) is 19.1 Å². The van der Waals surface area contributed by atoms with E-state index in [-0.39, 0.29) is 8.80 Å². The Morgan fingerprint density at radius 1 is 1.43 bits per heavy atom. The molecule has 0 fully saturated rings. The Bertz CT molecular complexity index is 609. The van der Waals surface area contributed by atoms with Gasteiger partial charge in [-0.05, 0) is 12.1 Å². The number of anilines is 1. The van der Waals surface area contributed by atoms with Crippen molar-refractivity contribution in [3.8, 4) is 11.5 Å². The number of nitrogens with one attached hydrogen (secondary N) is 2. The second-order valence-electron chi connectivity index (χ2n) is 3.88. The number of H-pyrrole nitrogens is 1. The number of rotatable bonds is 5. The summed E-state index contributed by atoms with van der Waals surface area (Å²) in [4.78, 5) is 19.3. The molecule has 2 heterocycles. The fraction of sp³-hybridized carbons (Fsp3) is 0.273. The minimum atomic E-state index is -4.48. The van der Waals surface area contributed by atoms with Crippen molar-refractivity contribution in [3.63, 3.8) is 0 Å². The quantitative estimate of drug-likeness (QED) is 0.879. The first-order valence-corrected chi connectivity index (χ1v) is 5.72. The van der Waals surface area contributed by atoms with E-state index >= 15 is 0 Å². The van der Waals surface area contributed by atoms with Gasteiger partial charge >= 0.3 is 6.18 Å². The Balaban J connectivity index is 0.00000242. The normalized spacial score (nSPS) is 11.4. The number of alkyl halides is 3. The van der Waals surface area contributed by atoms with E-state index in [4.69, 9.17) is 0 Å². The summed E-state index contributed by atoms with van der Waals surface area (Å²) in [5.74, 6) is -0.538. The van der Waals surface area contributed by atoms with Crippen LogP contribution in [0, 0.1) is 0 Å². The van der Waals surface area contributed by atoms with Gasteiger partial charge in [0.1, 0.15) is 18.9 Å². The molecule has 0 spiro atoms. The largest absolute Gasteiger partial charge is 0.411 e. The topological polar surface area (TPSA) is 92.8 Å². The maximum atomic E-state index is 11.8. The molecule has 21 heavy (non-hydrogen) atoms. The molecule has 0 aliphatic heterocycles. The number of pyridine rings is 1. The summed E-state index contributed by atoms with van der Waals surface area (Å²) in [7, 11) is 0. The highest BCUT2D eigenvalue weighted by molar-refractivity contribution is 5.90. The fourth-order valence-electron chi connectivity index (χ4n) is 1.36. The number of carbonyl (C=O) groups excluding carboxylic acids is 1. The average Bonchev–Trinajstić information content (AvgIpc) is 2.86. The first-order valence-electron chi connectivity index (χ1n) is 5.72. The van der Waals surface area contributed by atoms with Gasteiger partial charge in [0.15, 0.2) is 5.82 Å². The Morgan fingerprint density at radius 3 is 2.90 bits per heavy atom. The zero-order valence-electron chi connectivity index (χ0n) is 10.5. The summed E-state index contributed by atoms with van der Waals surface area (Å²) >= 11 is 0. The van der Waals surface area contributed by atoms with Crippen molar-refractivity contribution in [3.05, 3.63) is 24.4 Å². The van der Waals surface area contributed by atoms with Gasteiger partial charge in [-0.25, -0.2) is 0 Å². The molecule has 10 heteroatoms. The van der Waals surface area contributed by atoms with Crippen LogP contribution in [0.1, 0.15) is 2.85 Å². The Kier molecular flexibility index (Phi) is 4.48. The molecule has 2 aromatic heterocycles. The molecule has 0 radical (unpaired) electrons. The summed E-state index contributed by atoms with van der Waals surface area (Å²) in [6.07, 6.45) is -2.92. The van der Waals surface area contributed by atoms with Crippen LogP contribution in [0.5, 0.6) is 0 Å². The first-order chi connectivity index (χ1) is 9.94. The molecule has 7 nitrogen and oxygen atoms in total. The van der Waals surface area contributed by atoms with Crippen molar-refractivity contribution < 1.29 is 25.6 Å². The lowest BCUT2D eigenvalue weighted by Gasteiger charge is -2.06. The average molecular weight is 305 g/mol. The van der Waals surface area contributed by atoms with Gasteiger partial charge in [-0.3, -0.25) is 20.2 Å². The van der Waals surface area contributed by atoms with Gasteiger partial charge in [0.2, 0.25) is 5.95 Å². The molecular formula is C11H14F3N5O2. The van der Waals surface area contributed by atoms with Crippen LogP contribution in [0.15, 0.2) is 24.4 Å². The molecule has 116 valence electrons. The SMILES string of the molecule is O=C(COCC(F)(F)F)Nc1n[nH]c(-c2ccccn2)n1.[HH].[HH]. The zero-order chi connectivity index (χ0) is 15.3. The molecule has 1 amide bonds. The van der Waals surface area contributed by atoms with Crippen molar-refractivity contribution in [1.82, 2.24) is 20.2 Å². The van der Waals surface area contributed by atoms with Gasteiger partial charge in [0, 0.05) is 9.05 Å². The molecule has 2 N–H and O–H groups in total. The lowest BCUT2D eigenvalue weighted by molar-refractivity contribution is -0.174. The molecule has 0 unspecified atom stereocenters. The number of amides is 1. The summed E-state index contributed by atoms with van der Waals surface area (Å²) in [5.41, 5.74) is 0.513. The molecule has 2 rings (SSSR count). The summed E-state index contributed by atoms with van der Waals surface area (Å²) < 4.78 is 39.7. The predicted molar refractivity (Wildman–Crippen MR) is 69.3 cm³/mol. The third-order valence-corrected chi connectivity index (χ3v) is 2.14. The molecule has 0 aliphatic carbocycles. The number of halogens is 3. The van der Waals surface area contributed by atoms with E-state index in [9.17, 15) is 18.0 Å². The molecule has 0 aliphatic rings. The lowest BCUT2D eigenvalue weighted by atomic mass is 10.3. The van der Waals surface area contributed by atoms with Crippen molar-refractivity contribution in [2.24, 2.45) is 0 Å². The van der Waals surface area contributed by atoms with Gasteiger partial charge in [0.25, 0.3) is 5.91 Å². The van der Waals surface area contributed by atoms with E-state index in [0.717, 1.165) is 0 Å². The van der Waals surface area contributed by atoms with E-state index in [1.54, 1.807) is 24.4 Å². The van der Waals surface area contributed by atoms with Gasteiger partial charge in [0.05, 0.1) is 0 Å². The second kappa shape index (κ2) is 6.31. The van der Waals surface area contributed by atoms with Crippen LogP contribution in [0.25, 0.3) is 11.5 Å². The number of nitrogens with zero attached hydrogens (tertiary/aromatic N) is 3. The number of carbonyl (C=O) groups is 1. The van der Waals surface area contributed by atoms with Crippen molar-refractivity contribution >= 4 is 11.9 Å². The van der Waals surface area contributed by atoms with Crippen LogP contribution in [0.2, 0.25) is 0 Å². The van der Waals surface area contributed by atoms with Crippen LogP contribution in [-0.4, -0.2) is 45.5 Å².